The Morgan fingerprint density at radius 2 is 2.24 bits per heavy atom. The Bertz CT molecular complexity index is 596. The number of rotatable bonds is 2. The van der Waals surface area contributed by atoms with E-state index in [-0.39, 0.29) is 12.5 Å². The molecule has 1 fully saturated rings. The van der Waals surface area contributed by atoms with E-state index in [0.717, 1.165) is 11.1 Å². The third kappa shape index (κ3) is 3.84. The topological polar surface area (TPSA) is 60.8 Å². The maximum atomic E-state index is 12.5. The standard InChI is InChI=1S/C17H21NO3/c1-13-6-7-15(11-14(13)5-3-4-10-19)16(20)18-9-8-17(2,21)12-18/h6-7,11,19,21H,4,8-10,12H2,1-2H3. The minimum absolute atomic E-state index is 0.0352. The number of carbonyl (C=O) groups is 1. The predicted molar refractivity (Wildman–Crippen MR) is 80.9 cm³/mol. The summed E-state index contributed by atoms with van der Waals surface area (Å²) in [7, 11) is 0. The first-order valence-corrected chi connectivity index (χ1v) is 7.15. The highest BCUT2D eigenvalue weighted by molar-refractivity contribution is 5.95. The quantitative estimate of drug-likeness (QED) is 0.807. The Balaban J connectivity index is 2.19. The van der Waals surface area contributed by atoms with Crippen molar-refractivity contribution in [3.05, 3.63) is 34.9 Å². The van der Waals surface area contributed by atoms with Crippen LogP contribution < -0.4 is 0 Å². The van der Waals surface area contributed by atoms with Crippen molar-refractivity contribution < 1.29 is 15.0 Å². The molecule has 0 aromatic heterocycles. The normalized spacial score (nSPS) is 21.0. The number of nitrogens with zero attached hydrogens (tertiary/aromatic N) is 1. The molecular weight excluding hydrogens is 266 g/mol. The van der Waals surface area contributed by atoms with Gasteiger partial charge in [0.25, 0.3) is 5.91 Å². The molecular formula is C17H21NO3. The van der Waals surface area contributed by atoms with E-state index in [9.17, 15) is 9.90 Å². The molecule has 1 aromatic carbocycles. The number of aryl methyl sites for hydroxylation is 1. The molecule has 0 aliphatic carbocycles. The van der Waals surface area contributed by atoms with E-state index >= 15 is 0 Å². The highest BCUT2D eigenvalue weighted by Crippen LogP contribution is 2.22. The van der Waals surface area contributed by atoms with Crippen LogP contribution in [0.3, 0.4) is 0 Å². The smallest absolute Gasteiger partial charge is 0.253 e. The second-order valence-electron chi connectivity index (χ2n) is 5.78. The molecule has 1 aliphatic rings. The van der Waals surface area contributed by atoms with Crippen molar-refractivity contribution in [3.8, 4) is 11.8 Å². The van der Waals surface area contributed by atoms with Gasteiger partial charge >= 0.3 is 0 Å². The minimum atomic E-state index is -0.788. The van der Waals surface area contributed by atoms with Crippen LogP contribution in [0, 0.1) is 18.8 Å². The van der Waals surface area contributed by atoms with Crippen LogP contribution in [-0.2, 0) is 0 Å². The van der Waals surface area contributed by atoms with Gasteiger partial charge in [-0.1, -0.05) is 17.9 Å². The van der Waals surface area contributed by atoms with Crippen molar-refractivity contribution in [1.82, 2.24) is 4.90 Å². The minimum Gasteiger partial charge on any atom is -0.395 e. The summed E-state index contributed by atoms with van der Waals surface area (Å²) in [5.74, 6) is 5.79. The Morgan fingerprint density at radius 3 is 2.86 bits per heavy atom. The number of aliphatic hydroxyl groups is 2. The highest BCUT2D eigenvalue weighted by Gasteiger charge is 2.34. The van der Waals surface area contributed by atoms with E-state index < -0.39 is 5.60 Å². The van der Waals surface area contributed by atoms with Gasteiger partial charge in [-0.3, -0.25) is 4.79 Å². The van der Waals surface area contributed by atoms with Gasteiger partial charge in [-0.2, -0.15) is 0 Å². The molecule has 0 saturated carbocycles. The van der Waals surface area contributed by atoms with Crippen molar-refractivity contribution in [2.45, 2.75) is 32.3 Å². The average Bonchev–Trinajstić information content (AvgIpc) is 2.80. The van der Waals surface area contributed by atoms with Crippen molar-refractivity contribution in [2.75, 3.05) is 19.7 Å². The molecule has 1 aromatic rings. The van der Waals surface area contributed by atoms with E-state index in [0.29, 0.717) is 31.5 Å². The first-order valence-electron chi connectivity index (χ1n) is 7.15. The summed E-state index contributed by atoms with van der Waals surface area (Å²) >= 11 is 0. The van der Waals surface area contributed by atoms with Gasteiger partial charge in [-0.05, 0) is 38.0 Å². The maximum Gasteiger partial charge on any atom is 0.253 e. The maximum absolute atomic E-state index is 12.5. The summed E-state index contributed by atoms with van der Waals surface area (Å²) in [5, 5.41) is 18.7. The summed E-state index contributed by atoms with van der Waals surface area (Å²) in [6.45, 7) is 4.67. The van der Waals surface area contributed by atoms with Gasteiger partial charge in [0, 0.05) is 30.6 Å². The summed E-state index contributed by atoms with van der Waals surface area (Å²) < 4.78 is 0. The lowest BCUT2D eigenvalue weighted by Gasteiger charge is -2.19. The molecule has 0 spiro atoms. The van der Waals surface area contributed by atoms with Gasteiger partial charge in [0.2, 0.25) is 0 Å². The third-order valence-corrected chi connectivity index (χ3v) is 3.68. The van der Waals surface area contributed by atoms with Crippen molar-refractivity contribution >= 4 is 5.91 Å². The van der Waals surface area contributed by atoms with Gasteiger partial charge in [0.1, 0.15) is 0 Å². The Hall–Kier alpha value is -1.83. The molecule has 4 nitrogen and oxygen atoms in total. The molecule has 112 valence electrons. The van der Waals surface area contributed by atoms with Gasteiger partial charge in [0.15, 0.2) is 0 Å². The monoisotopic (exact) mass is 287 g/mol. The van der Waals surface area contributed by atoms with Crippen molar-refractivity contribution in [3.63, 3.8) is 0 Å². The third-order valence-electron chi connectivity index (χ3n) is 3.68. The Kier molecular flexibility index (Phi) is 4.66. The van der Waals surface area contributed by atoms with Gasteiger partial charge < -0.3 is 15.1 Å². The van der Waals surface area contributed by atoms with E-state index in [1.54, 1.807) is 24.0 Å². The fourth-order valence-corrected chi connectivity index (χ4v) is 2.40. The summed E-state index contributed by atoms with van der Waals surface area (Å²) in [6, 6.07) is 5.46. The molecule has 21 heavy (non-hydrogen) atoms. The molecule has 1 aliphatic heterocycles. The van der Waals surface area contributed by atoms with Crippen LogP contribution in [-0.4, -0.2) is 46.3 Å². The van der Waals surface area contributed by atoms with E-state index in [4.69, 9.17) is 5.11 Å². The van der Waals surface area contributed by atoms with Crippen LogP contribution in [0.4, 0.5) is 0 Å². The second kappa shape index (κ2) is 6.30. The van der Waals surface area contributed by atoms with Crippen molar-refractivity contribution in [1.29, 1.82) is 0 Å². The lowest BCUT2D eigenvalue weighted by Crippen LogP contribution is -2.33. The number of benzene rings is 1. The van der Waals surface area contributed by atoms with Crippen LogP contribution in [0.1, 0.15) is 41.3 Å². The van der Waals surface area contributed by atoms with E-state index in [2.05, 4.69) is 11.8 Å². The molecule has 1 unspecified atom stereocenters. The average molecular weight is 287 g/mol. The number of carbonyl (C=O) groups excluding carboxylic acids is 1. The van der Waals surface area contributed by atoms with E-state index in [1.807, 2.05) is 13.0 Å². The zero-order valence-corrected chi connectivity index (χ0v) is 12.5. The zero-order valence-electron chi connectivity index (χ0n) is 12.5. The first-order chi connectivity index (χ1) is 9.93. The first kappa shape index (κ1) is 15.6. The summed E-state index contributed by atoms with van der Waals surface area (Å²) in [5.41, 5.74) is 1.61. The number of hydrogen-bond acceptors (Lipinski definition) is 3. The molecule has 2 rings (SSSR count). The van der Waals surface area contributed by atoms with Crippen LogP contribution in [0.15, 0.2) is 18.2 Å². The molecule has 4 heteroatoms. The SMILES string of the molecule is Cc1ccc(C(=O)N2CCC(C)(O)C2)cc1C#CCCO. The summed E-state index contributed by atoms with van der Waals surface area (Å²) in [6.07, 6.45) is 1.03. The second-order valence-corrected chi connectivity index (χ2v) is 5.78. The fraction of sp³-hybridized carbons (Fsp3) is 0.471. The van der Waals surface area contributed by atoms with Crippen LogP contribution in [0.2, 0.25) is 0 Å². The number of likely N-dealkylation sites (tertiary alicyclic amines) is 1. The molecule has 1 heterocycles. The molecule has 0 bridgehead atoms. The Morgan fingerprint density at radius 1 is 1.48 bits per heavy atom. The summed E-state index contributed by atoms with van der Waals surface area (Å²) in [4.78, 5) is 14.1. The number of β-amino-alcohol motifs (C(OH)–C–C–N with tert-alkyl or cyclic N) is 1. The van der Waals surface area contributed by atoms with Crippen LogP contribution in [0.25, 0.3) is 0 Å². The Labute approximate surface area is 125 Å². The zero-order chi connectivity index (χ0) is 15.5. The van der Waals surface area contributed by atoms with Crippen LogP contribution in [0.5, 0.6) is 0 Å². The van der Waals surface area contributed by atoms with E-state index in [1.165, 1.54) is 0 Å². The molecule has 0 radical (unpaired) electrons. The number of hydrogen-bond donors (Lipinski definition) is 2. The van der Waals surface area contributed by atoms with Crippen molar-refractivity contribution in [2.24, 2.45) is 0 Å². The van der Waals surface area contributed by atoms with Gasteiger partial charge in [0.05, 0.1) is 12.2 Å². The predicted octanol–water partition coefficient (Wildman–Crippen LogP) is 1.33. The van der Waals surface area contributed by atoms with Gasteiger partial charge in [-0.15, -0.1) is 0 Å². The fourth-order valence-electron chi connectivity index (χ4n) is 2.40. The molecule has 1 saturated heterocycles. The largest absolute Gasteiger partial charge is 0.395 e. The lowest BCUT2D eigenvalue weighted by molar-refractivity contribution is 0.0572. The molecule has 1 amide bonds. The van der Waals surface area contributed by atoms with Crippen LogP contribution >= 0.6 is 0 Å². The highest BCUT2D eigenvalue weighted by atomic mass is 16.3. The number of aliphatic hydroxyl groups excluding tert-OH is 1. The van der Waals surface area contributed by atoms with Gasteiger partial charge in [-0.25, -0.2) is 0 Å². The lowest BCUT2D eigenvalue weighted by atomic mass is 10.0. The molecule has 1 atom stereocenters. The molecule has 2 N–H and O–H groups in total. The number of amides is 1.